The van der Waals surface area contributed by atoms with Gasteiger partial charge in [0.05, 0.1) is 37.5 Å². The van der Waals surface area contributed by atoms with E-state index in [1.54, 1.807) is 27.2 Å². The summed E-state index contributed by atoms with van der Waals surface area (Å²) in [5.74, 6) is -0.708. The predicted molar refractivity (Wildman–Crippen MR) is 149 cm³/mol. The van der Waals surface area contributed by atoms with E-state index in [1.807, 2.05) is 79.9 Å². The zero-order chi connectivity index (χ0) is 27.5. The number of allylic oxidation sites excluding steroid dienone is 1. The van der Waals surface area contributed by atoms with Gasteiger partial charge in [0.15, 0.2) is 5.13 Å². The van der Waals surface area contributed by atoms with Gasteiger partial charge in [-0.2, -0.15) is 0 Å². The van der Waals surface area contributed by atoms with Crippen LogP contribution in [0.2, 0.25) is 0 Å². The molecular formula is C29H35N3O5S. The number of hydrogen-bond acceptors (Lipinski definition) is 9. The molecule has 2 N–H and O–H groups in total. The van der Waals surface area contributed by atoms with E-state index in [9.17, 15) is 9.59 Å². The molecule has 1 aromatic heterocycles. The number of carbonyl (C=O) groups is 2. The molecule has 2 heterocycles. The number of methoxy groups -OCH3 is 1. The quantitative estimate of drug-likeness (QED) is 0.381. The average molecular weight is 538 g/mol. The third-order valence-corrected chi connectivity index (χ3v) is 6.92. The summed E-state index contributed by atoms with van der Waals surface area (Å²) in [6.45, 7) is 7.77. The van der Waals surface area contributed by atoms with Gasteiger partial charge in [0.2, 0.25) is 0 Å². The number of esters is 2. The highest BCUT2D eigenvalue weighted by Crippen LogP contribution is 2.41. The highest BCUT2D eigenvalue weighted by molar-refractivity contribution is 7.13. The molecule has 1 aliphatic rings. The van der Waals surface area contributed by atoms with E-state index in [4.69, 9.17) is 14.2 Å². The standard InChI is InChI=1S/C22H27N3O4S.C7H8O/c1-5-28-19(26)16-14(3)25-22(4,15-10-8-7-9-11-15)17(20(27)29-6-2)18(16)24-21-23-12-13-30-21;1-8-7-5-3-2-4-6-7/h7-13,17-18,25H,5-6H2,1-4H3,(H,23,24);2-6H,1H3. The molecule has 38 heavy (non-hydrogen) atoms. The van der Waals surface area contributed by atoms with Gasteiger partial charge in [-0.1, -0.05) is 48.5 Å². The molecule has 0 fully saturated rings. The van der Waals surface area contributed by atoms with Crippen LogP contribution in [-0.4, -0.2) is 43.3 Å². The Kier molecular flexibility index (Phi) is 10.3. The summed E-state index contributed by atoms with van der Waals surface area (Å²) in [5, 5.41) is 9.17. The lowest BCUT2D eigenvalue weighted by atomic mass is 9.70. The fraction of sp³-hybridized carbons (Fsp3) is 0.345. The summed E-state index contributed by atoms with van der Waals surface area (Å²) in [4.78, 5) is 30.5. The van der Waals surface area contributed by atoms with Gasteiger partial charge in [0, 0.05) is 17.3 Å². The molecule has 0 spiro atoms. The molecule has 0 aliphatic carbocycles. The first kappa shape index (κ1) is 28.7. The summed E-state index contributed by atoms with van der Waals surface area (Å²) in [7, 11) is 1.66. The van der Waals surface area contributed by atoms with E-state index in [-0.39, 0.29) is 13.2 Å². The number of nitrogens with one attached hydrogen (secondary N) is 2. The SMILES string of the molecule is CCOC(=O)C1=C(C)NC(C)(c2ccccc2)C(C(=O)OCC)C1Nc1nccs1.COc1ccccc1. The van der Waals surface area contributed by atoms with Crippen molar-refractivity contribution in [3.8, 4) is 5.75 Å². The second kappa shape index (κ2) is 13.6. The number of carbonyl (C=O) groups excluding carboxylic acids is 2. The molecule has 3 atom stereocenters. The molecule has 0 bridgehead atoms. The van der Waals surface area contributed by atoms with Crippen LogP contribution in [0.15, 0.2) is 83.5 Å². The molecule has 202 valence electrons. The first-order valence-electron chi connectivity index (χ1n) is 12.5. The Morgan fingerprint density at radius 3 is 2.18 bits per heavy atom. The van der Waals surface area contributed by atoms with Gasteiger partial charge in [-0.15, -0.1) is 11.3 Å². The van der Waals surface area contributed by atoms with Gasteiger partial charge in [-0.25, -0.2) is 9.78 Å². The smallest absolute Gasteiger partial charge is 0.337 e. The third-order valence-electron chi connectivity index (χ3n) is 6.22. The van der Waals surface area contributed by atoms with Crippen molar-refractivity contribution in [2.75, 3.05) is 25.6 Å². The predicted octanol–water partition coefficient (Wildman–Crippen LogP) is 5.15. The maximum absolute atomic E-state index is 13.3. The fourth-order valence-electron chi connectivity index (χ4n) is 4.54. The number of anilines is 1. The summed E-state index contributed by atoms with van der Waals surface area (Å²) >= 11 is 1.40. The minimum absolute atomic E-state index is 0.236. The van der Waals surface area contributed by atoms with Crippen molar-refractivity contribution in [2.45, 2.75) is 39.3 Å². The van der Waals surface area contributed by atoms with Crippen molar-refractivity contribution in [3.05, 3.63) is 89.1 Å². The molecule has 4 rings (SSSR count). The summed E-state index contributed by atoms with van der Waals surface area (Å²) < 4.78 is 15.7. The highest BCUT2D eigenvalue weighted by atomic mass is 32.1. The number of nitrogens with zero attached hydrogens (tertiary/aromatic N) is 1. The molecular weight excluding hydrogens is 502 g/mol. The molecule has 9 heteroatoms. The zero-order valence-corrected chi connectivity index (χ0v) is 23.2. The number of aromatic nitrogens is 1. The number of ether oxygens (including phenoxy) is 3. The van der Waals surface area contributed by atoms with Crippen LogP contribution in [-0.2, 0) is 24.6 Å². The third kappa shape index (κ3) is 6.72. The molecule has 0 radical (unpaired) electrons. The van der Waals surface area contributed by atoms with Crippen molar-refractivity contribution >= 4 is 28.4 Å². The van der Waals surface area contributed by atoms with Crippen molar-refractivity contribution in [2.24, 2.45) is 5.92 Å². The minimum Gasteiger partial charge on any atom is -0.497 e. The number of rotatable bonds is 8. The minimum atomic E-state index is -0.817. The number of para-hydroxylation sites is 1. The summed E-state index contributed by atoms with van der Waals surface area (Å²) in [6, 6.07) is 18.7. The summed E-state index contributed by atoms with van der Waals surface area (Å²) in [5.41, 5.74) is 1.12. The Morgan fingerprint density at radius 1 is 1.03 bits per heavy atom. The van der Waals surface area contributed by atoms with Gasteiger partial charge < -0.3 is 24.8 Å². The second-order valence-corrected chi connectivity index (χ2v) is 9.55. The lowest BCUT2D eigenvalue weighted by Gasteiger charge is -2.47. The van der Waals surface area contributed by atoms with Crippen LogP contribution in [0.4, 0.5) is 5.13 Å². The monoisotopic (exact) mass is 537 g/mol. The Balaban J connectivity index is 0.000000427. The van der Waals surface area contributed by atoms with Gasteiger partial charge in [-0.3, -0.25) is 4.79 Å². The van der Waals surface area contributed by atoms with Gasteiger partial charge in [0.25, 0.3) is 0 Å². The van der Waals surface area contributed by atoms with Crippen molar-refractivity contribution < 1.29 is 23.8 Å². The fourth-order valence-corrected chi connectivity index (χ4v) is 5.10. The zero-order valence-electron chi connectivity index (χ0n) is 22.4. The Labute approximate surface area is 228 Å². The lowest BCUT2D eigenvalue weighted by molar-refractivity contribution is -0.152. The number of thiazole rings is 1. The molecule has 0 saturated heterocycles. The molecule has 1 aliphatic heterocycles. The Hall–Kier alpha value is -3.85. The van der Waals surface area contributed by atoms with Gasteiger partial charge in [-0.05, 0) is 45.4 Å². The Bertz CT molecular complexity index is 1200. The highest BCUT2D eigenvalue weighted by Gasteiger charge is 2.53. The van der Waals surface area contributed by atoms with E-state index in [2.05, 4.69) is 15.6 Å². The maximum Gasteiger partial charge on any atom is 0.337 e. The van der Waals surface area contributed by atoms with Crippen LogP contribution in [0.25, 0.3) is 0 Å². The Morgan fingerprint density at radius 2 is 1.66 bits per heavy atom. The van der Waals surface area contributed by atoms with Crippen LogP contribution in [0.5, 0.6) is 5.75 Å². The number of hydrogen-bond donors (Lipinski definition) is 2. The molecule has 0 amide bonds. The van der Waals surface area contributed by atoms with Crippen molar-refractivity contribution in [1.82, 2.24) is 10.3 Å². The van der Waals surface area contributed by atoms with E-state index in [1.165, 1.54) is 11.3 Å². The topological polar surface area (TPSA) is 98.8 Å². The van der Waals surface area contributed by atoms with Gasteiger partial charge in [0.1, 0.15) is 11.7 Å². The first-order valence-corrected chi connectivity index (χ1v) is 13.4. The van der Waals surface area contributed by atoms with Crippen molar-refractivity contribution in [3.63, 3.8) is 0 Å². The van der Waals surface area contributed by atoms with Crippen LogP contribution < -0.4 is 15.4 Å². The number of benzene rings is 2. The van der Waals surface area contributed by atoms with E-state index in [0.29, 0.717) is 16.4 Å². The molecule has 2 aromatic carbocycles. The normalized spacial score (nSPS) is 20.3. The van der Waals surface area contributed by atoms with Crippen LogP contribution in [0, 0.1) is 5.92 Å². The van der Waals surface area contributed by atoms with E-state index in [0.717, 1.165) is 11.3 Å². The first-order chi connectivity index (χ1) is 18.3. The second-order valence-electron chi connectivity index (χ2n) is 8.66. The molecule has 8 nitrogen and oxygen atoms in total. The summed E-state index contributed by atoms with van der Waals surface area (Å²) in [6.07, 6.45) is 1.67. The van der Waals surface area contributed by atoms with Crippen molar-refractivity contribution in [1.29, 1.82) is 0 Å². The molecule has 0 saturated carbocycles. The average Bonchev–Trinajstić information content (AvgIpc) is 3.43. The van der Waals surface area contributed by atoms with Crippen LogP contribution >= 0.6 is 11.3 Å². The molecule has 3 unspecified atom stereocenters. The van der Waals surface area contributed by atoms with Gasteiger partial charge >= 0.3 is 11.9 Å². The van der Waals surface area contributed by atoms with E-state index < -0.39 is 29.4 Å². The van der Waals surface area contributed by atoms with Crippen LogP contribution in [0.1, 0.15) is 33.3 Å². The largest absolute Gasteiger partial charge is 0.497 e. The maximum atomic E-state index is 13.3. The lowest BCUT2D eigenvalue weighted by Crippen LogP contribution is -2.60. The molecule has 3 aromatic rings. The van der Waals surface area contributed by atoms with Crippen LogP contribution in [0.3, 0.4) is 0 Å². The van der Waals surface area contributed by atoms with E-state index >= 15 is 0 Å².